The number of anilines is 1. The minimum absolute atomic E-state index is 0.332. The predicted molar refractivity (Wildman–Crippen MR) is 72.5 cm³/mol. The first kappa shape index (κ1) is 12.4. The summed E-state index contributed by atoms with van der Waals surface area (Å²) in [4.78, 5) is 6.93. The van der Waals surface area contributed by atoms with E-state index in [1.807, 2.05) is 6.20 Å². The van der Waals surface area contributed by atoms with Crippen LogP contribution < -0.4 is 10.2 Å². The molecule has 1 fully saturated rings. The van der Waals surface area contributed by atoms with Crippen LogP contribution in [0.3, 0.4) is 0 Å². The van der Waals surface area contributed by atoms with Crippen molar-refractivity contribution in [3.63, 3.8) is 0 Å². The Balaban J connectivity index is 2.02. The van der Waals surface area contributed by atoms with Crippen LogP contribution in [0.4, 0.5) is 5.82 Å². The second kappa shape index (κ2) is 5.05. The molecule has 1 aromatic heterocycles. The number of aromatic nitrogens is 1. The summed E-state index contributed by atoms with van der Waals surface area (Å²) >= 11 is 0. The molecule has 2 heterocycles. The molecule has 0 unspecified atom stereocenters. The Morgan fingerprint density at radius 1 is 1.24 bits per heavy atom. The molecule has 0 aliphatic carbocycles. The van der Waals surface area contributed by atoms with E-state index in [9.17, 15) is 0 Å². The molecule has 1 N–H and O–H groups in total. The number of nitrogens with one attached hydrogen (secondary N) is 1. The maximum absolute atomic E-state index is 4.58. The van der Waals surface area contributed by atoms with Crippen LogP contribution in [0.1, 0.15) is 26.3 Å². The van der Waals surface area contributed by atoms with E-state index < -0.39 is 0 Å². The van der Waals surface area contributed by atoms with E-state index in [0.29, 0.717) is 5.41 Å². The van der Waals surface area contributed by atoms with E-state index in [1.54, 1.807) is 0 Å². The minimum atomic E-state index is 0.332. The van der Waals surface area contributed by atoms with Crippen molar-refractivity contribution in [1.29, 1.82) is 0 Å². The van der Waals surface area contributed by atoms with Gasteiger partial charge in [0.1, 0.15) is 5.82 Å². The summed E-state index contributed by atoms with van der Waals surface area (Å²) in [5.41, 5.74) is 1.66. The van der Waals surface area contributed by atoms with Gasteiger partial charge in [0.25, 0.3) is 0 Å². The highest BCUT2D eigenvalue weighted by Crippen LogP contribution is 2.21. The Morgan fingerprint density at radius 2 is 1.94 bits per heavy atom. The molecule has 3 heteroatoms. The molecule has 1 aliphatic rings. The van der Waals surface area contributed by atoms with Crippen LogP contribution in [0.25, 0.3) is 0 Å². The molecule has 1 aromatic rings. The summed E-state index contributed by atoms with van der Waals surface area (Å²) in [6.45, 7) is 11.0. The number of piperazine rings is 1. The van der Waals surface area contributed by atoms with E-state index in [-0.39, 0.29) is 0 Å². The first-order chi connectivity index (χ1) is 8.04. The van der Waals surface area contributed by atoms with E-state index >= 15 is 0 Å². The lowest BCUT2D eigenvalue weighted by molar-refractivity contribution is 0.410. The van der Waals surface area contributed by atoms with Gasteiger partial charge in [-0.1, -0.05) is 26.8 Å². The van der Waals surface area contributed by atoms with E-state index in [2.05, 4.69) is 48.1 Å². The van der Waals surface area contributed by atoms with Gasteiger partial charge in [-0.25, -0.2) is 4.98 Å². The molecular weight excluding hydrogens is 210 g/mol. The zero-order valence-corrected chi connectivity index (χ0v) is 11.2. The summed E-state index contributed by atoms with van der Waals surface area (Å²) in [5, 5.41) is 3.36. The van der Waals surface area contributed by atoms with Crippen LogP contribution in [0, 0.1) is 5.41 Å². The van der Waals surface area contributed by atoms with Crippen LogP contribution in [0.5, 0.6) is 0 Å². The molecule has 0 atom stereocenters. The molecule has 1 saturated heterocycles. The van der Waals surface area contributed by atoms with Crippen molar-refractivity contribution in [2.45, 2.75) is 27.2 Å². The van der Waals surface area contributed by atoms with E-state index in [1.165, 1.54) is 5.56 Å². The molecule has 94 valence electrons. The molecule has 17 heavy (non-hydrogen) atoms. The highest BCUT2D eigenvalue weighted by molar-refractivity contribution is 5.40. The molecule has 1 aliphatic heterocycles. The second-order valence-electron chi connectivity index (χ2n) is 6.00. The first-order valence-electron chi connectivity index (χ1n) is 6.45. The quantitative estimate of drug-likeness (QED) is 0.847. The van der Waals surface area contributed by atoms with Gasteiger partial charge in [0.15, 0.2) is 0 Å². The monoisotopic (exact) mass is 233 g/mol. The Hall–Kier alpha value is -1.09. The molecule has 0 radical (unpaired) electrons. The summed E-state index contributed by atoms with van der Waals surface area (Å²) in [5.74, 6) is 1.11. The lowest BCUT2D eigenvalue weighted by atomic mass is 9.89. The van der Waals surface area contributed by atoms with Crippen molar-refractivity contribution >= 4 is 5.82 Å². The third kappa shape index (κ3) is 3.70. The Kier molecular flexibility index (Phi) is 3.67. The fraction of sp³-hybridized carbons (Fsp3) is 0.643. The Morgan fingerprint density at radius 3 is 2.47 bits per heavy atom. The Labute approximate surface area is 104 Å². The fourth-order valence-electron chi connectivity index (χ4n) is 2.21. The van der Waals surface area contributed by atoms with Crippen molar-refractivity contribution < 1.29 is 0 Å². The molecule has 0 bridgehead atoms. The van der Waals surface area contributed by atoms with E-state index in [4.69, 9.17) is 0 Å². The molecule has 3 nitrogen and oxygen atoms in total. The van der Waals surface area contributed by atoms with Crippen LogP contribution in [0.2, 0.25) is 0 Å². The van der Waals surface area contributed by atoms with Gasteiger partial charge >= 0.3 is 0 Å². The SMILES string of the molecule is CC(C)(C)Cc1ccc(N2CCNCC2)nc1. The summed E-state index contributed by atoms with van der Waals surface area (Å²) < 4.78 is 0. The summed E-state index contributed by atoms with van der Waals surface area (Å²) in [6, 6.07) is 4.38. The van der Waals surface area contributed by atoms with Gasteiger partial charge in [-0.3, -0.25) is 0 Å². The largest absolute Gasteiger partial charge is 0.354 e. The van der Waals surface area contributed by atoms with Crippen molar-refractivity contribution in [3.05, 3.63) is 23.9 Å². The number of pyridine rings is 1. The molecule has 0 aromatic carbocycles. The zero-order chi connectivity index (χ0) is 12.3. The molecule has 0 saturated carbocycles. The Bertz CT molecular complexity index is 345. The van der Waals surface area contributed by atoms with Gasteiger partial charge < -0.3 is 10.2 Å². The first-order valence-corrected chi connectivity index (χ1v) is 6.45. The number of rotatable bonds is 2. The molecular formula is C14H23N3. The lowest BCUT2D eigenvalue weighted by Crippen LogP contribution is -2.43. The third-order valence-corrected chi connectivity index (χ3v) is 2.98. The highest BCUT2D eigenvalue weighted by Gasteiger charge is 2.13. The minimum Gasteiger partial charge on any atom is -0.354 e. The predicted octanol–water partition coefficient (Wildman–Crippen LogP) is 2.08. The van der Waals surface area contributed by atoms with Gasteiger partial charge in [-0.05, 0) is 23.5 Å². The third-order valence-electron chi connectivity index (χ3n) is 2.98. The number of hydrogen-bond acceptors (Lipinski definition) is 3. The van der Waals surface area contributed by atoms with Crippen molar-refractivity contribution in [1.82, 2.24) is 10.3 Å². The average Bonchev–Trinajstić information content (AvgIpc) is 2.29. The number of nitrogens with zero attached hydrogens (tertiary/aromatic N) is 2. The standard InChI is InChI=1S/C14H23N3/c1-14(2,3)10-12-4-5-13(16-11-12)17-8-6-15-7-9-17/h4-5,11,15H,6-10H2,1-3H3. The highest BCUT2D eigenvalue weighted by atomic mass is 15.2. The smallest absolute Gasteiger partial charge is 0.128 e. The zero-order valence-electron chi connectivity index (χ0n) is 11.2. The lowest BCUT2D eigenvalue weighted by Gasteiger charge is -2.28. The van der Waals surface area contributed by atoms with Gasteiger partial charge in [-0.15, -0.1) is 0 Å². The van der Waals surface area contributed by atoms with Crippen molar-refractivity contribution in [2.75, 3.05) is 31.1 Å². The van der Waals surface area contributed by atoms with Gasteiger partial charge in [0.05, 0.1) is 0 Å². The summed E-state index contributed by atoms with van der Waals surface area (Å²) in [7, 11) is 0. The van der Waals surface area contributed by atoms with Crippen molar-refractivity contribution in [2.24, 2.45) is 5.41 Å². The summed E-state index contributed by atoms with van der Waals surface area (Å²) in [6.07, 6.45) is 3.12. The van der Waals surface area contributed by atoms with Crippen LogP contribution in [-0.2, 0) is 6.42 Å². The van der Waals surface area contributed by atoms with Crippen LogP contribution in [0.15, 0.2) is 18.3 Å². The maximum atomic E-state index is 4.58. The van der Waals surface area contributed by atoms with Crippen LogP contribution >= 0.6 is 0 Å². The molecule has 0 spiro atoms. The second-order valence-corrected chi connectivity index (χ2v) is 6.00. The fourth-order valence-corrected chi connectivity index (χ4v) is 2.21. The molecule has 0 amide bonds. The average molecular weight is 233 g/mol. The van der Waals surface area contributed by atoms with Crippen molar-refractivity contribution in [3.8, 4) is 0 Å². The van der Waals surface area contributed by atoms with Gasteiger partial charge in [0, 0.05) is 32.4 Å². The number of hydrogen-bond donors (Lipinski definition) is 1. The van der Waals surface area contributed by atoms with E-state index in [0.717, 1.165) is 38.4 Å². The normalized spacial score (nSPS) is 17.2. The van der Waals surface area contributed by atoms with Gasteiger partial charge in [-0.2, -0.15) is 0 Å². The van der Waals surface area contributed by atoms with Crippen LogP contribution in [-0.4, -0.2) is 31.2 Å². The molecule has 2 rings (SSSR count). The topological polar surface area (TPSA) is 28.2 Å². The maximum Gasteiger partial charge on any atom is 0.128 e. The van der Waals surface area contributed by atoms with Gasteiger partial charge in [0.2, 0.25) is 0 Å².